The van der Waals surface area contributed by atoms with E-state index >= 15 is 0 Å². The number of hydrogen-bond donors (Lipinski definition) is 1. The van der Waals surface area contributed by atoms with Gasteiger partial charge in [-0.15, -0.1) is 0 Å². The second-order valence-electron chi connectivity index (χ2n) is 4.23. The van der Waals surface area contributed by atoms with Gasteiger partial charge < -0.3 is 10.2 Å². The Labute approximate surface area is 102 Å². The van der Waals surface area contributed by atoms with Crippen LogP contribution in [0.5, 0.6) is 0 Å². The summed E-state index contributed by atoms with van der Waals surface area (Å²) in [4.78, 5) is 2.13. The zero-order chi connectivity index (χ0) is 12.8. The molecule has 0 aliphatic carbocycles. The minimum absolute atomic E-state index is 0.129. The van der Waals surface area contributed by atoms with E-state index in [9.17, 15) is 8.78 Å². The predicted octanol–water partition coefficient (Wildman–Crippen LogP) is 2.31. The number of halogens is 2. The molecule has 0 unspecified atom stereocenters. The van der Waals surface area contributed by atoms with Crippen LogP contribution in [0.3, 0.4) is 0 Å². The highest BCUT2D eigenvalue weighted by molar-refractivity contribution is 5.26. The maximum Gasteiger partial charge on any atom is 0.133 e. The van der Waals surface area contributed by atoms with Crippen molar-refractivity contribution < 1.29 is 8.78 Å². The van der Waals surface area contributed by atoms with Gasteiger partial charge in [-0.25, -0.2) is 8.78 Å². The van der Waals surface area contributed by atoms with E-state index in [0.717, 1.165) is 19.6 Å². The smallest absolute Gasteiger partial charge is 0.133 e. The van der Waals surface area contributed by atoms with Crippen molar-refractivity contribution in [1.29, 1.82) is 0 Å². The maximum atomic E-state index is 13.6. The molecule has 4 heteroatoms. The molecule has 0 amide bonds. The Bertz CT molecular complexity index is 367. The van der Waals surface area contributed by atoms with Crippen molar-refractivity contribution in [3.05, 3.63) is 34.9 Å². The van der Waals surface area contributed by atoms with Crippen LogP contribution in [0.15, 0.2) is 12.1 Å². The molecule has 0 bridgehead atoms. The van der Waals surface area contributed by atoms with Crippen molar-refractivity contribution in [2.24, 2.45) is 0 Å². The highest BCUT2D eigenvalue weighted by Crippen LogP contribution is 2.15. The highest BCUT2D eigenvalue weighted by Gasteiger charge is 2.10. The van der Waals surface area contributed by atoms with Crippen molar-refractivity contribution in [1.82, 2.24) is 10.2 Å². The molecule has 17 heavy (non-hydrogen) atoms. The molecule has 0 heterocycles. The predicted molar refractivity (Wildman–Crippen MR) is 66.0 cm³/mol. The number of nitrogens with one attached hydrogen (secondary N) is 1. The van der Waals surface area contributed by atoms with Crippen molar-refractivity contribution in [2.45, 2.75) is 20.4 Å². The topological polar surface area (TPSA) is 15.3 Å². The average Bonchev–Trinajstić information content (AvgIpc) is 2.32. The van der Waals surface area contributed by atoms with Crippen LogP contribution < -0.4 is 5.32 Å². The summed E-state index contributed by atoms with van der Waals surface area (Å²) in [6.07, 6.45) is 0. The Morgan fingerprint density at radius 1 is 1.29 bits per heavy atom. The molecule has 0 spiro atoms. The van der Waals surface area contributed by atoms with Gasteiger partial charge in [0.25, 0.3) is 0 Å². The zero-order valence-corrected chi connectivity index (χ0v) is 10.7. The third-order valence-corrected chi connectivity index (χ3v) is 2.89. The number of rotatable bonds is 6. The largest absolute Gasteiger partial charge is 0.311 e. The molecule has 96 valence electrons. The quantitative estimate of drug-likeness (QED) is 0.770. The van der Waals surface area contributed by atoms with Crippen LogP contribution in [-0.2, 0) is 6.54 Å². The average molecular weight is 242 g/mol. The fourth-order valence-corrected chi connectivity index (χ4v) is 1.52. The first-order chi connectivity index (χ1) is 8.06. The third kappa shape index (κ3) is 4.06. The molecule has 1 aromatic rings. The molecule has 1 N–H and O–H groups in total. The van der Waals surface area contributed by atoms with Gasteiger partial charge in [-0.1, -0.05) is 13.0 Å². The summed E-state index contributed by atoms with van der Waals surface area (Å²) in [6.45, 7) is 6.50. The molecule has 2 nitrogen and oxygen atoms in total. The summed E-state index contributed by atoms with van der Waals surface area (Å²) in [6, 6.07) is 2.77. The van der Waals surface area contributed by atoms with Gasteiger partial charge in [0, 0.05) is 25.2 Å². The second kappa shape index (κ2) is 6.67. The Hall–Kier alpha value is -1.00. The number of likely N-dealkylation sites (N-methyl/N-ethyl adjacent to an activating group) is 1. The summed E-state index contributed by atoms with van der Waals surface area (Å²) in [5.41, 5.74) is 0.609. The van der Waals surface area contributed by atoms with E-state index in [0.29, 0.717) is 5.56 Å². The summed E-state index contributed by atoms with van der Waals surface area (Å²) in [7, 11) is 2.01. The first-order valence-corrected chi connectivity index (χ1v) is 5.89. The lowest BCUT2D eigenvalue weighted by atomic mass is 10.1. The van der Waals surface area contributed by atoms with Crippen molar-refractivity contribution in [3.8, 4) is 0 Å². The van der Waals surface area contributed by atoms with Gasteiger partial charge in [0.2, 0.25) is 0 Å². The van der Waals surface area contributed by atoms with Crippen LogP contribution >= 0.6 is 0 Å². The van der Waals surface area contributed by atoms with Crippen LogP contribution in [0.1, 0.15) is 18.1 Å². The van der Waals surface area contributed by atoms with Gasteiger partial charge >= 0.3 is 0 Å². The van der Waals surface area contributed by atoms with Gasteiger partial charge in [0.15, 0.2) is 0 Å². The monoisotopic (exact) mass is 242 g/mol. The van der Waals surface area contributed by atoms with Crippen LogP contribution in [0, 0.1) is 18.6 Å². The molecular formula is C13H20F2N2. The maximum absolute atomic E-state index is 13.6. The number of hydrogen-bond acceptors (Lipinski definition) is 2. The van der Waals surface area contributed by atoms with Crippen LogP contribution in [0.25, 0.3) is 0 Å². The summed E-state index contributed by atoms with van der Waals surface area (Å²) in [5.74, 6) is -0.925. The van der Waals surface area contributed by atoms with Crippen LogP contribution in [-0.4, -0.2) is 31.6 Å². The summed E-state index contributed by atoms with van der Waals surface area (Å²) < 4.78 is 27.0. The first-order valence-electron chi connectivity index (χ1n) is 5.89. The summed E-state index contributed by atoms with van der Waals surface area (Å²) in [5, 5.41) is 3.05. The van der Waals surface area contributed by atoms with Gasteiger partial charge in [-0.3, -0.25) is 0 Å². The second-order valence-corrected chi connectivity index (χ2v) is 4.23. The molecular weight excluding hydrogens is 222 g/mol. The normalized spacial score (nSPS) is 11.2. The van der Waals surface area contributed by atoms with Gasteiger partial charge in [0.1, 0.15) is 11.6 Å². The minimum Gasteiger partial charge on any atom is -0.311 e. The van der Waals surface area contributed by atoms with Crippen molar-refractivity contribution in [3.63, 3.8) is 0 Å². The van der Waals surface area contributed by atoms with Crippen LogP contribution in [0.4, 0.5) is 8.78 Å². The van der Waals surface area contributed by atoms with E-state index in [-0.39, 0.29) is 12.1 Å². The highest BCUT2D eigenvalue weighted by atomic mass is 19.1. The van der Waals surface area contributed by atoms with Crippen molar-refractivity contribution >= 4 is 0 Å². The molecule has 0 saturated carbocycles. The fourth-order valence-electron chi connectivity index (χ4n) is 1.52. The number of aryl methyl sites for hydroxylation is 1. The Morgan fingerprint density at radius 3 is 2.65 bits per heavy atom. The molecule has 0 aliphatic rings. The van der Waals surface area contributed by atoms with E-state index in [1.54, 1.807) is 6.92 Å². The molecule has 0 fully saturated rings. The first kappa shape index (κ1) is 14.1. The lowest BCUT2D eigenvalue weighted by molar-refractivity contribution is 0.347. The molecule has 1 aromatic carbocycles. The van der Waals surface area contributed by atoms with Crippen LogP contribution in [0.2, 0.25) is 0 Å². The van der Waals surface area contributed by atoms with Gasteiger partial charge in [-0.2, -0.15) is 0 Å². The Balaban J connectivity index is 2.49. The standard InChI is InChI=1S/C13H20F2N2/c1-4-17(3)8-7-16-9-11-12(14)6-5-10(2)13(11)15/h5-6,16H,4,7-9H2,1-3H3. The van der Waals surface area contributed by atoms with E-state index in [1.165, 1.54) is 12.1 Å². The lowest BCUT2D eigenvalue weighted by Gasteiger charge is -2.14. The molecule has 0 radical (unpaired) electrons. The summed E-state index contributed by atoms with van der Waals surface area (Å²) >= 11 is 0. The Kier molecular flexibility index (Phi) is 5.51. The Morgan fingerprint density at radius 2 is 2.00 bits per heavy atom. The van der Waals surface area contributed by atoms with E-state index in [4.69, 9.17) is 0 Å². The van der Waals surface area contributed by atoms with Crippen molar-refractivity contribution in [2.75, 3.05) is 26.7 Å². The third-order valence-electron chi connectivity index (χ3n) is 2.89. The lowest BCUT2D eigenvalue weighted by Crippen LogP contribution is -2.29. The fraction of sp³-hybridized carbons (Fsp3) is 0.538. The molecule has 0 atom stereocenters. The van der Waals surface area contributed by atoms with Gasteiger partial charge in [0.05, 0.1) is 0 Å². The van der Waals surface area contributed by atoms with E-state index < -0.39 is 11.6 Å². The molecule has 0 saturated heterocycles. The zero-order valence-electron chi connectivity index (χ0n) is 10.7. The number of benzene rings is 1. The number of nitrogens with zero attached hydrogens (tertiary/aromatic N) is 1. The van der Waals surface area contributed by atoms with E-state index in [2.05, 4.69) is 17.1 Å². The molecule has 0 aromatic heterocycles. The van der Waals surface area contributed by atoms with E-state index in [1.807, 2.05) is 7.05 Å². The molecule has 1 rings (SSSR count). The van der Waals surface area contributed by atoms with Gasteiger partial charge in [-0.05, 0) is 32.1 Å². The minimum atomic E-state index is -0.482. The molecule has 0 aliphatic heterocycles. The SMILES string of the molecule is CCN(C)CCNCc1c(F)ccc(C)c1F.